The van der Waals surface area contributed by atoms with Crippen LogP contribution in [0.1, 0.15) is 19.4 Å². The molecule has 9 heteroatoms. The van der Waals surface area contributed by atoms with Gasteiger partial charge in [-0.15, -0.1) is 0 Å². The van der Waals surface area contributed by atoms with E-state index < -0.39 is 29.8 Å². The van der Waals surface area contributed by atoms with Crippen LogP contribution in [0.5, 0.6) is 5.75 Å². The van der Waals surface area contributed by atoms with Crippen LogP contribution in [-0.4, -0.2) is 42.5 Å². The third kappa shape index (κ3) is 3.22. The van der Waals surface area contributed by atoms with Gasteiger partial charge in [-0.2, -0.15) is 5.26 Å². The highest BCUT2D eigenvalue weighted by atomic mass is 16.5. The number of carbonyl (C=O) groups excluding carboxylic acids is 3. The molecule has 1 aromatic carbocycles. The number of para-hydroxylation sites is 1. The largest absolute Gasteiger partial charge is 0.465 e. The minimum absolute atomic E-state index is 0.112. The molecule has 0 aliphatic carbocycles. The summed E-state index contributed by atoms with van der Waals surface area (Å²) in [5.41, 5.74) is 4.13. The van der Waals surface area contributed by atoms with Crippen molar-refractivity contribution in [2.75, 3.05) is 19.8 Å². The molecule has 31 heavy (non-hydrogen) atoms. The van der Waals surface area contributed by atoms with E-state index in [9.17, 15) is 19.6 Å². The molecule has 1 amide bonds. The molecule has 2 N–H and O–H groups in total. The third-order valence-corrected chi connectivity index (χ3v) is 5.08. The predicted octanol–water partition coefficient (Wildman–Crippen LogP) is 1.42. The topological polar surface area (TPSA) is 132 Å². The summed E-state index contributed by atoms with van der Waals surface area (Å²) in [6.45, 7) is 6.22. The molecule has 1 atom stereocenters. The van der Waals surface area contributed by atoms with Gasteiger partial charge < -0.3 is 24.8 Å². The molecule has 2 heterocycles. The number of allylic oxidation sites excluding steroid dienone is 1. The summed E-state index contributed by atoms with van der Waals surface area (Å²) in [5.74, 6) is -2.29. The van der Waals surface area contributed by atoms with Crippen LogP contribution >= 0.6 is 0 Å². The van der Waals surface area contributed by atoms with Crippen molar-refractivity contribution in [1.29, 1.82) is 5.26 Å². The van der Waals surface area contributed by atoms with Crippen molar-refractivity contribution in [3.8, 4) is 11.8 Å². The zero-order valence-corrected chi connectivity index (χ0v) is 17.1. The van der Waals surface area contributed by atoms with Crippen LogP contribution in [0.15, 0.2) is 59.6 Å². The van der Waals surface area contributed by atoms with E-state index in [2.05, 4.69) is 6.58 Å². The fraction of sp³-hybridized carbons (Fsp3) is 0.273. The maximum atomic E-state index is 13.9. The number of nitrogens with zero attached hydrogens (tertiary/aromatic N) is 2. The highest BCUT2D eigenvalue weighted by Gasteiger charge is 2.62. The summed E-state index contributed by atoms with van der Waals surface area (Å²) in [4.78, 5) is 40.3. The maximum Gasteiger partial charge on any atom is 0.337 e. The van der Waals surface area contributed by atoms with Crippen molar-refractivity contribution in [1.82, 2.24) is 4.90 Å². The van der Waals surface area contributed by atoms with Gasteiger partial charge >= 0.3 is 11.9 Å². The number of fused-ring (bicyclic) bond motifs is 2. The van der Waals surface area contributed by atoms with Crippen LogP contribution in [0.4, 0.5) is 0 Å². The van der Waals surface area contributed by atoms with Gasteiger partial charge in [-0.25, -0.2) is 4.79 Å². The van der Waals surface area contributed by atoms with Gasteiger partial charge in [0.15, 0.2) is 5.41 Å². The molecule has 3 rings (SSSR count). The van der Waals surface area contributed by atoms with Crippen LogP contribution in [0.2, 0.25) is 0 Å². The van der Waals surface area contributed by atoms with Crippen LogP contribution in [-0.2, 0) is 29.3 Å². The Kier molecular flexibility index (Phi) is 5.83. The van der Waals surface area contributed by atoms with Crippen LogP contribution < -0.4 is 10.5 Å². The normalized spacial score (nSPS) is 19.6. The Morgan fingerprint density at radius 3 is 2.71 bits per heavy atom. The molecule has 0 saturated heterocycles. The van der Waals surface area contributed by atoms with Crippen molar-refractivity contribution < 1.29 is 28.6 Å². The first-order valence-corrected chi connectivity index (χ1v) is 9.49. The lowest BCUT2D eigenvalue weighted by Crippen LogP contribution is -2.48. The zero-order valence-electron chi connectivity index (χ0n) is 17.1. The third-order valence-electron chi connectivity index (χ3n) is 5.08. The van der Waals surface area contributed by atoms with Gasteiger partial charge in [0, 0.05) is 11.3 Å². The molecule has 0 fully saturated rings. The first-order valence-electron chi connectivity index (χ1n) is 9.49. The molecule has 0 bridgehead atoms. The van der Waals surface area contributed by atoms with Crippen LogP contribution in [0.25, 0.3) is 0 Å². The first kappa shape index (κ1) is 21.6. The Balaban J connectivity index is 2.31. The van der Waals surface area contributed by atoms with E-state index >= 15 is 0 Å². The van der Waals surface area contributed by atoms with E-state index in [1.54, 1.807) is 31.2 Å². The average Bonchev–Trinajstić information content (AvgIpc) is 2.95. The van der Waals surface area contributed by atoms with Crippen molar-refractivity contribution in [3.63, 3.8) is 0 Å². The molecule has 0 aromatic heterocycles. The Hall–Kier alpha value is -4.06. The molecule has 2 aliphatic heterocycles. The monoisotopic (exact) mass is 423 g/mol. The maximum absolute atomic E-state index is 13.9. The average molecular weight is 423 g/mol. The van der Waals surface area contributed by atoms with E-state index in [0.717, 1.165) is 4.90 Å². The number of rotatable bonds is 6. The number of nitrogens with two attached hydrogens (primary N) is 1. The number of amides is 1. The minimum Gasteiger partial charge on any atom is -0.465 e. The smallest absolute Gasteiger partial charge is 0.337 e. The number of esters is 2. The molecule has 0 unspecified atom stereocenters. The van der Waals surface area contributed by atoms with Gasteiger partial charge in [-0.1, -0.05) is 30.9 Å². The highest BCUT2D eigenvalue weighted by Crippen LogP contribution is 2.53. The summed E-state index contributed by atoms with van der Waals surface area (Å²) >= 11 is 0. The summed E-state index contributed by atoms with van der Waals surface area (Å²) in [5, 5.41) is 9.92. The molecular formula is C22H21N3O6. The van der Waals surface area contributed by atoms with Gasteiger partial charge in [0.1, 0.15) is 30.5 Å². The quantitative estimate of drug-likeness (QED) is 0.537. The zero-order chi connectivity index (χ0) is 22.8. The Labute approximate surface area is 179 Å². The molecule has 9 nitrogen and oxygen atoms in total. The Morgan fingerprint density at radius 2 is 2.06 bits per heavy atom. The fourth-order valence-electron chi connectivity index (χ4n) is 3.88. The Bertz CT molecular complexity index is 1080. The van der Waals surface area contributed by atoms with Gasteiger partial charge in [-0.05, 0) is 19.9 Å². The summed E-state index contributed by atoms with van der Waals surface area (Å²) in [6.07, 6.45) is 1.38. The number of ether oxygens (including phenoxy) is 3. The van der Waals surface area contributed by atoms with E-state index in [1.165, 1.54) is 13.0 Å². The fourth-order valence-corrected chi connectivity index (χ4v) is 3.88. The second-order valence-electron chi connectivity index (χ2n) is 6.74. The van der Waals surface area contributed by atoms with Gasteiger partial charge in [0.2, 0.25) is 11.8 Å². The molecular weight excluding hydrogens is 402 g/mol. The molecule has 1 spiro atoms. The molecule has 160 valence electrons. The highest BCUT2D eigenvalue weighted by molar-refractivity contribution is 6.13. The van der Waals surface area contributed by atoms with E-state index in [1.807, 2.05) is 6.07 Å². The van der Waals surface area contributed by atoms with E-state index in [-0.39, 0.29) is 47.3 Å². The van der Waals surface area contributed by atoms with E-state index in [0.29, 0.717) is 0 Å². The second-order valence-corrected chi connectivity index (χ2v) is 6.74. The number of benzene rings is 1. The Morgan fingerprint density at radius 1 is 1.35 bits per heavy atom. The summed E-state index contributed by atoms with van der Waals surface area (Å²) in [6, 6.07) is 8.37. The van der Waals surface area contributed by atoms with Crippen LogP contribution in [0.3, 0.4) is 0 Å². The number of nitriles is 1. The SMILES string of the molecule is C=CCOC(=O)C1=C(C)N(CC(=O)OCC)C(=O)[C@@]12C(C#N)=C(N)Oc1ccccc12. The van der Waals surface area contributed by atoms with E-state index in [4.69, 9.17) is 19.9 Å². The number of hydrogen-bond acceptors (Lipinski definition) is 8. The first-order chi connectivity index (χ1) is 14.8. The van der Waals surface area contributed by atoms with Crippen molar-refractivity contribution >= 4 is 17.8 Å². The van der Waals surface area contributed by atoms with Gasteiger partial charge in [0.05, 0.1) is 12.2 Å². The van der Waals surface area contributed by atoms with Crippen molar-refractivity contribution in [2.45, 2.75) is 19.3 Å². The summed E-state index contributed by atoms with van der Waals surface area (Å²) < 4.78 is 15.8. The van der Waals surface area contributed by atoms with Crippen molar-refractivity contribution in [2.24, 2.45) is 5.73 Å². The number of carbonyl (C=O) groups is 3. The second kappa shape index (κ2) is 8.36. The lowest BCUT2D eigenvalue weighted by Gasteiger charge is -2.35. The van der Waals surface area contributed by atoms with Crippen LogP contribution in [0, 0.1) is 11.3 Å². The standard InChI is InChI=1S/C22H21N3O6/c1-4-10-30-20(27)18-13(3)25(12-17(26)29-5-2)21(28)22(18)14-8-6-7-9-16(14)31-19(24)15(22)11-23/h4,6-9H,1,5,10,12,24H2,2-3H3/t22-/m0/s1. The molecule has 0 radical (unpaired) electrons. The van der Waals surface area contributed by atoms with Gasteiger partial charge in [-0.3, -0.25) is 9.59 Å². The lowest BCUT2D eigenvalue weighted by atomic mass is 9.68. The van der Waals surface area contributed by atoms with Crippen molar-refractivity contribution in [3.05, 3.63) is 65.2 Å². The predicted molar refractivity (Wildman–Crippen MR) is 108 cm³/mol. The molecule has 1 aromatic rings. The molecule has 0 saturated carbocycles. The lowest BCUT2D eigenvalue weighted by molar-refractivity contribution is -0.148. The minimum atomic E-state index is -1.91. The summed E-state index contributed by atoms with van der Waals surface area (Å²) in [7, 11) is 0. The number of hydrogen-bond donors (Lipinski definition) is 1. The molecule has 2 aliphatic rings. The van der Waals surface area contributed by atoms with Gasteiger partial charge in [0.25, 0.3) is 0 Å².